The fourth-order valence-electron chi connectivity index (χ4n) is 2.07. The summed E-state index contributed by atoms with van der Waals surface area (Å²) in [6, 6.07) is 7.68. The van der Waals surface area contributed by atoms with Crippen molar-refractivity contribution < 1.29 is 14.0 Å². The topological polar surface area (TPSA) is 62.6 Å². The van der Waals surface area contributed by atoms with Crippen LogP contribution in [0.15, 0.2) is 41.0 Å². The normalized spacial score (nSPS) is 11.8. The van der Waals surface area contributed by atoms with E-state index in [9.17, 15) is 9.59 Å². The van der Waals surface area contributed by atoms with Crippen LogP contribution in [-0.4, -0.2) is 29.8 Å². The molecule has 2 rings (SSSR count). The lowest BCUT2D eigenvalue weighted by Gasteiger charge is -2.22. The average Bonchev–Trinajstić information content (AvgIpc) is 3.05. The van der Waals surface area contributed by atoms with Gasteiger partial charge in [0.1, 0.15) is 6.04 Å². The molecule has 0 unspecified atom stereocenters. The minimum Gasteiger partial charge on any atom is -0.459 e. The van der Waals surface area contributed by atoms with Gasteiger partial charge in [-0.15, -0.1) is 0 Å². The van der Waals surface area contributed by atoms with Crippen LogP contribution < -0.4 is 5.32 Å². The van der Waals surface area contributed by atoms with Crippen molar-refractivity contribution in [1.29, 1.82) is 0 Å². The van der Waals surface area contributed by atoms with E-state index in [0.717, 1.165) is 5.56 Å². The lowest BCUT2D eigenvalue weighted by atomic mass is 10.2. The van der Waals surface area contributed by atoms with Gasteiger partial charge in [-0.25, -0.2) is 0 Å². The van der Waals surface area contributed by atoms with Gasteiger partial charge in [0, 0.05) is 13.6 Å². The van der Waals surface area contributed by atoms with Crippen LogP contribution in [0.1, 0.15) is 23.0 Å². The summed E-state index contributed by atoms with van der Waals surface area (Å²) in [5.74, 6) is -0.531. The predicted molar refractivity (Wildman–Crippen MR) is 88.6 cm³/mol. The Morgan fingerprint density at radius 2 is 2.00 bits per heavy atom. The van der Waals surface area contributed by atoms with Gasteiger partial charge in [-0.3, -0.25) is 9.59 Å². The van der Waals surface area contributed by atoms with Crippen LogP contribution >= 0.6 is 23.2 Å². The van der Waals surface area contributed by atoms with Gasteiger partial charge in [0.15, 0.2) is 5.76 Å². The van der Waals surface area contributed by atoms with Crippen molar-refractivity contribution >= 4 is 35.0 Å². The molecule has 23 heavy (non-hydrogen) atoms. The summed E-state index contributed by atoms with van der Waals surface area (Å²) in [6.07, 6.45) is 1.40. The minimum absolute atomic E-state index is 0.158. The lowest BCUT2D eigenvalue weighted by molar-refractivity contribution is -0.132. The summed E-state index contributed by atoms with van der Waals surface area (Å²) in [7, 11) is 1.63. The van der Waals surface area contributed by atoms with E-state index in [2.05, 4.69) is 5.32 Å². The Bertz CT molecular complexity index is 701. The first kappa shape index (κ1) is 17.4. The van der Waals surface area contributed by atoms with Crippen LogP contribution in [0.5, 0.6) is 0 Å². The minimum atomic E-state index is -0.699. The molecule has 0 radical (unpaired) electrons. The maximum absolute atomic E-state index is 12.4. The molecule has 0 saturated carbocycles. The number of furan rings is 1. The van der Waals surface area contributed by atoms with E-state index in [4.69, 9.17) is 27.6 Å². The fraction of sp³-hybridized carbons (Fsp3) is 0.250. The van der Waals surface area contributed by atoms with Gasteiger partial charge in [-0.05, 0) is 30.7 Å². The van der Waals surface area contributed by atoms with E-state index >= 15 is 0 Å². The molecule has 0 bridgehead atoms. The number of carbonyl (C=O) groups is 2. The molecule has 0 fully saturated rings. The molecule has 5 nitrogen and oxygen atoms in total. The Morgan fingerprint density at radius 1 is 1.26 bits per heavy atom. The summed E-state index contributed by atoms with van der Waals surface area (Å²) < 4.78 is 4.99. The Labute approximate surface area is 144 Å². The van der Waals surface area contributed by atoms with Gasteiger partial charge in [0.25, 0.3) is 5.91 Å². The third-order valence-corrected chi connectivity index (χ3v) is 4.14. The smallest absolute Gasteiger partial charge is 0.287 e. The molecule has 2 aromatic rings. The number of nitrogens with one attached hydrogen (secondary N) is 1. The first-order chi connectivity index (χ1) is 10.9. The van der Waals surface area contributed by atoms with Crippen LogP contribution in [0.4, 0.5) is 0 Å². The molecule has 0 aliphatic carbocycles. The summed E-state index contributed by atoms with van der Waals surface area (Å²) >= 11 is 12.1. The highest BCUT2D eigenvalue weighted by Crippen LogP contribution is 2.26. The zero-order valence-corrected chi connectivity index (χ0v) is 14.2. The number of carbonyl (C=O) groups excluding carboxylic acids is 2. The number of likely N-dealkylation sites (N-methyl/N-ethyl adjacent to an activating group) is 1. The molecular weight excluding hydrogens is 339 g/mol. The Hall–Kier alpha value is -1.98. The first-order valence-electron chi connectivity index (χ1n) is 6.92. The fourth-order valence-corrected chi connectivity index (χ4v) is 2.45. The molecule has 2 amide bonds. The standard InChI is InChI=1S/C16H16Cl2N2O3/c1-10(19-15(21)13-7-4-8-23-13)16(22)20(2)9-11-5-3-6-12(17)14(11)18/h3-8,10H,9H2,1-2H3,(H,19,21)/t10-/m0/s1. The highest BCUT2D eigenvalue weighted by molar-refractivity contribution is 6.42. The zero-order valence-electron chi connectivity index (χ0n) is 12.7. The van der Waals surface area contributed by atoms with E-state index in [-0.39, 0.29) is 11.7 Å². The number of rotatable bonds is 5. The molecule has 1 atom stereocenters. The molecule has 0 aliphatic heterocycles. The second-order valence-corrected chi connectivity index (χ2v) is 5.86. The number of hydrogen-bond donors (Lipinski definition) is 1. The molecule has 0 aliphatic rings. The van der Waals surface area contributed by atoms with Crippen molar-refractivity contribution in [2.45, 2.75) is 19.5 Å². The van der Waals surface area contributed by atoms with Crippen molar-refractivity contribution in [2.75, 3.05) is 7.05 Å². The maximum Gasteiger partial charge on any atom is 0.287 e. The number of benzene rings is 1. The van der Waals surface area contributed by atoms with Crippen molar-refractivity contribution in [3.8, 4) is 0 Å². The van der Waals surface area contributed by atoms with Crippen LogP contribution in [0, 0.1) is 0 Å². The van der Waals surface area contributed by atoms with E-state index in [1.165, 1.54) is 17.2 Å². The first-order valence-corrected chi connectivity index (χ1v) is 7.68. The molecule has 1 heterocycles. The molecule has 122 valence electrons. The number of hydrogen-bond acceptors (Lipinski definition) is 3. The number of nitrogens with zero attached hydrogens (tertiary/aromatic N) is 1. The molecule has 1 aromatic heterocycles. The Morgan fingerprint density at radius 3 is 2.65 bits per heavy atom. The molecule has 1 N–H and O–H groups in total. The Kier molecular flexibility index (Phi) is 5.69. The van der Waals surface area contributed by atoms with Crippen LogP contribution in [0.2, 0.25) is 10.0 Å². The third kappa shape index (κ3) is 4.27. The van der Waals surface area contributed by atoms with Gasteiger partial charge in [-0.2, -0.15) is 0 Å². The number of amides is 2. The average molecular weight is 355 g/mol. The van der Waals surface area contributed by atoms with Gasteiger partial charge in [-0.1, -0.05) is 35.3 Å². The summed E-state index contributed by atoms with van der Waals surface area (Å²) in [4.78, 5) is 25.7. The van der Waals surface area contributed by atoms with E-state index in [1.54, 1.807) is 38.2 Å². The van der Waals surface area contributed by atoms with Crippen molar-refractivity contribution in [1.82, 2.24) is 10.2 Å². The highest BCUT2D eigenvalue weighted by Gasteiger charge is 2.22. The van der Waals surface area contributed by atoms with Gasteiger partial charge < -0.3 is 14.6 Å². The van der Waals surface area contributed by atoms with Crippen LogP contribution in [-0.2, 0) is 11.3 Å². The van der Waals surface area contributed by atoms with Crippen LogP contribution in [0.3, 0.4) is 0 Å². The Balaban J connectivity index is 1.98. The lowest BCUT2D eigenvalue weighted by Crippen LogP contribution is -2.45. The van der Waals surface area contributed by atoms with Crippen molar-refractivity contribution in [2.24, 2.45) is 0 Å². The largest absolute Gasteiger partial charge is 0.459 e. The van der Waals surface area contributed by atoms with E-state index < -0.39 is 11.9 Å². The molecule has 7 heteroatoms. The predicted octanol–water partition coefficient (Wildman–Crippen LogP) is 3.36. The second-order valence-electron chi connectivity index (χ2n) is 5.08. The van der Waals surface area contributed by atoms with Crippen molar-refractivity contribution in [3.05, 3.63) is 58.0 Å². The summed E-state index contributed by atoms with van der Waals surface area (Å²) in [6.45, 7) is 1.90. The quantitative estimate of drug-likeness (QED) is 0.895. The number of halogens is 2. The third-order valence-electron chi connectivity index (χ3n) is 3.28. The SMILES string of the molecule is C[C@H](NC(=O)c1ccco1)C(=O)N(C)Cc1cccc(Cl)c1Cl. The molecular formula is C16H16Cl2N2O3. The summed E-state index contributed by atoms with van der Waals surface area (Å²) in [5, 5.41) is 3.44. The van der Waals surface area contributed by atoms with Gasteiger partial charge in [0.05, 0.1) is 16.3 Å². The van der Waals surface area contributed by atoms with E-state index in [0.29, 0.717) is 16.6 Å². The van der Waals surface area contributed by atoms with E-state index in [1.807, 2.05) is 0 Å². The second kappa shape index (κ2) is 7.53. The van der Waals surface area contributed by atoms with Gasteiger partial charge in [0.2, 0.25) is 5.91 Å². The molecule has 1 aromatic carbocycles. The molecule has 0 spiro atoms. The molecule has 0 saturated heterocycles. The zero-order chi connectivity index (χ0) is 17.0. The highest BCUT2D eigenvalue weighted by atomic mass is 35.5. The maximum atomic E-state index is 12.4. The van der Waals surface area contributed by atoms with Gasteiger partial charge >= 0.3 is 0 Å². The monoisotopic (exact) mass is 354 g/mol. The van der Waals surface area contributed by atoms with Crippen LogP contribution in [0.25, 0.3) is 0 Å². The summed E-state index contributed by atoms with van der Waals surface area (Å²) in [5.41, 5.74) is 0.736. The van der Waals surface area contributed by atoms with Crippen molar-refractivity contribution in [3.63, 3.8) is 0 Å².